The largest absolute Gasteiger partial charge is 0.346 e. The molecule has 0 bridgehead atoms. The molecule has 0 saturated heterocycles. The summed E-state index contributed by atoms with van der Waals surface area (Å²) in [4.78, 5) is 4.04. The third-order valence-electron chi connectivity index (χ3n) is 1.98. The highest BCUT2D eigenvalue weighted by Crippen LogP contribution is 1.95. The fourth-order valence-electron chi connectivity index (χ4n) is 1.21. The third-order valence-corrected chi connectivity index (χ3v) is 1.98. The number of nitrogens with one attached hydrogen (secondary N) is 1. The first kappa shape index (κ1) is 11.3. The zero-order valence-corrected chi connectivity index (χ0v) is 8.72. The van der Waals surface area contributed by atoms with Gasteiger partial charge in [0.25, 0.3) is 0 Å². The minimum absolute atomic E-state index is 0.641. The number of nitrogens with zero attached hydrogens (tertiary/aromatic N) is 2. The molecular formula is C9H21N3. The van der Waals surface area contributed by atoms with Crippen LogP contribution in [0.4, 0.5) is 0 Å². The molecule has 12 heavy (non-hydrogen) atoms. The van der Waals surface area contributed by atoms with Crippen LogP contribution >= 0.6 is 0 Å². The summed E-state index contributed by atoms with van der Waals surface area (Å²) in [7, 11) is 1.98. The van der Waals surface area contributed by atoms with Crippen molar-refractivity contribution in [2.75, 3.05) is 26.7 Å². The van der Waals surface area contributed by atoms with Crippen LogP contribution in [0.2, 0.25) is 0 Å². The second kappa shape index (κ2) is 5.86. The lowest BCUT2D eigenvalue weighted by atomic mass is 10.4. The van der Waals surface area contributed by atoms with Crippen LogP contribution in [0, 0.1) is 5.41 Å². The Balaban J connectivity index is 3.97. The maximum Gasteiger partial charge on any atom is 0.193 e. The highest BCUT2D eigenvalue weighted by Gasteiger charge is 2.08. The van der Waals surface area contributed by atoms with E-state index in [4.69, 9.17) is 5.41 Å². The van der Waals surface area contributed by atoms with Gasteiger partial charge in [-0.2, -0.15) is 0 Å². The number of rotatable bonds is 4. The van der Waals surface area contributed by atoms with E-state index in [0.29, 0.717) is 5.96 Å². The lowest BCUT2D eigenvalue weighted by Crippen LogP contribution is -2.41. The summed E-state index contributed by atoms with van der Waals surface area (Å²) >= 11 is 0. The average molecular weight is 171 g/mol. The lowest BCUT2D eigenvalue weighted by molar-refractivity contribution is 0.363. The van der Waals surface area contributed by atoms with Gasteiger partial charge in [-0.15, -0.1) is 0 Å². The predicted octanol–water partition coefficient (Wildman–Crippen LogP) is 1.60. The highest BCUT2D eigenvalue weighted by atomic mass is 15.3. The maximum atomic E-state index is 7.81. The Labute approximate surface area is 75.9 Å². The Morgan fingerprint density at radius 2 is 1.67 bits per heavy atom. The van der Waals surface area contributed by atoms with Crippen LogP contribution in [-0.4, -0.2) is 42.4 Å². The van der Waals surface area contributed by atoms with E-state index in [9.17, 15) is 0 Å². The van der Waals surface area contributed by atoms with Crippen molar-refractivity contribution in [1.82, 2.24) is 9.80 Å². The van der Waals surface area contributed by atoms with Gasteiger partial charge in [-0.1, -0.05) is 6.92 Å². The molecular weight excluding hydrogens is 150 g/mol. The van der Waals surface area contributed by atoms with Gasteiger partial charge in [0.1, 0.15) is 0 Å². The Hall–Kier alpha value is -0.730. The van der Waals surface area contributed by atoms with Gasteiger partial charge in [-0.25, -0.2) is 0 Å². The summed E-state index contributed by atoms with van der Waals surface area (Å²) in [5, 5.41) is 7.81. The van der Waals surface area contributed by atoms with Crippen molar-refractivity contribution in [2.24, 2.45) is 0 Å². The minimum atomic E-state index is 0.641. The van der Waals surface area contributed by atoms with Crippen molar-refractivity contribution in [3.63, 3.8) is 0 Å². The molecule has 0 aromatic heterocycles. The maximum absolute atomic E-state index is 7.81. The van der Waals surface area contributed by atoms with Gasteiger partial charge < -0.3 is 9.80 Å². The van der Waals surface area contributed by atoms with Crippen LogP contribution in [0.15, 0.2) is 0 Å². The van der Waals surface area contributed by atoms with E-state index >= 15 is 0 Å². The molecule has 3 heteroatoms. The molecule has 0 aliphatic heterocycles. The summed E-state index contributed by atoms with van der Waals surface area (Å²) in [6.07, 6.45) is 1.10. The molecule has 0 aliphatic rings. The molecule has 0 aliphatic carbocycles. The first-order valence-electron chi connectivity index (χ1n) is 4.71. The second-order valence-electron chi connectivity index (χ2n) is 2.92. The van der Waals surface area contributed by atoms with Gasteiger partial charge in [-0.05, 0) is 20.3 Å². The number of guanidine groups is 1. The predicted molar refractivity (Wildman–Crippen MR) is 53.6 cm³/mol. The van der Waals surface area contributed by atoms with Gasteiger partial charge in [0.2, 0.25) is 0 Å². The van der Waals surface area contributed by atoms with E-state index < -0.39 is 0 Å². The van der Waals surface area contributed by atoms with Crippen molar-refractivity contribution < 1.29 is 0 Å². The lowest BCUT2D eigenvalue weighted by Gasteiger charge is -2.28. The first-order chi connectivity index (χ1) is 5.67. The minimum Gasteiger partial charge on any atom is -0.346 e. The molecule has 0 spiro atoms. The molecule has 0 radical (unpaired) electrons. The highest BCUT2D eigenvalue weighted by molar-refractivity contribution is 5.76. The molecule has 0 amide bonds. The summed E-state index contributed by atoms with van der Waals surface area (Å²) in [5.41, 5.74) is 0. The monoisotopic (exact) mass is 171 g/mol. The van der Waals surface area contributed by atoms with Gasteiger partial charge >= 0.3 is 0 Å². The van der Waals surface area contributed by atoms with E-state index in [-0.39, 0.29) is 0 Å². The Morgan fingerprint density at radius 1 is 1.17 bits per heavy atom. The number of hydrogen-bond acceptors (Lipinski definition) is 1. The van der Waals surface area contributed by atoms with Crippen LogP contribution < -0.4 is 0 Å². The molecule has 0 heterocycles. The van der Waals surface area contributed by atoms with Crippen molar-refractivity contribution in [1.29, 1.82) is 5.41 Å². The summed E-state index contributed by atoms with van der Waals surface area (Å²) < 4.78 is 0. The van der Waals surface area contributed by atoms with Crippen LogP contribution in [-0.2, 0) is 0 Å². The average Bonchev–Trinajstić information content (AvgIpc) is 2.07. The molecule has 0 atom stereocenters. The molecule has 0 aromatic rings. The van der Waals surface area contributed by atoms with Crippen LogP contribution in [0.3, 0.4) is 0 Å². The topological polar surface area (TPSA) is 30.3 Å². The fourth-order valence-corrected chi connectivity index (χ4v) is 1.21. The van der Waals surface area contributed by atoms with Crippen molar-refractivity contribution >= 4 is 5.96 Å². The second-order valence-corrected chi connectivity index (χ2v) is 2.92. The molecule has 0 rings (SSSR count). The Morgan fingerprint density at radius 3 is 2.00 bits per heavy atom. The normalized spacial score (nSPS) is 9.67. The summed E-state index contributed by atoms with van der Waals surface area (Å²) in [6.45, 7) is 9.10. The van der Waals surface area contributed by atoms with Crippen LogP contribution in [0.5, 0.6) is 0 Å². The van der Waals surface area contributed by atoms with Gasteiger partial charge in [0, 0.05) is 26.7 Å². The summed E-state index contributed by atoms with van der Waals surface area (Å²) in [5.74, 6) is 0.641. The van der Waals surface area contributed by atoms with Crippen LogP contribution in [0.1, 0.15) is 27.2 Å². The standard InChI is InChI=1S/C9H21N3/c1-5-8-11(4)9(10)12(6-2)7-3/h10H,5-8H2,1-4H3. The van der Waals surface area contributed by atoms with Crippen molar-refractivity contribution in [3.8, 4) is 0 Å². The molecule has 0 unspecified atom stereocenters. The van der Waals surface area contributed by atoms with Gasteiger partial charge in [-0.3, -0.25) is 5.41 Å². The van der Waals surface area contributed by atoms with Crippen molar-refractivity contribution in [2.45, 2.75) is 27.2 Å². The number of hydrogen-bond donors (Lipinski definition) is 1. The van der Waals surface area contributed by atoms with E-state index in [1.165, 1.54) is 0 Å². The molecule has 72 valence electrons. The van der Waals surface area contributed by atoms with E-state index in [2.05, 4.69) is 25.7 Å². The quantitative estimate of drug-likeness (QED) is 0.514. The third kappa shape index (κ3) is 3.11. The molecule has 1 N–H and O–H groups in total. The SMILES string of the molecule is CCCN(C)C(=N)N(CC)CC. The molecule has 3 nitrogen and oxygen atoms in total. The molecule has 0 aromatic carbocycles. The molecule has 0 saturated carbocycles. The zero-order chi connectivity index (χ0) is 9.56. The van der Waals surface area contributed by atoms with Crippen LogP contribution in [0.25, 0.3) is 0 Å². The zero-order valence-electron chi connectivity index (χ0n) is 8.72. The molecule has 0 fully saturated rings. The van der Waals surface area contributed by atoms with E-state index in [1.807, 2.05) is 11.9 Å². The Kier molecular flexibility index (Phi) is 5.51. The van der Waals surface area contributed by atoms with Crippen molar-refractivity contribution in [3.05, 3.63) is 0 Å². The first-order valence-corrected chi connectivity index (χ1v) is 4.71. The summed E-state index contributed by atoms with van der Waals surface area (Å²) in [6, 6.07) is 0. The fraction of sp³-hybridized carbons (Fsp3) is 0.889. The van der Waals surface area contributed by atoms with E-state index in [1.54, 1.807) is 0 Å². The Bertz CT molecular complexity index is 130. The smallest absolute Gasteiger partial charge is 0.193 e. The van der Waals surface area contributed by atoms with Gasteiger partial charge in [0.15, 0.2) is 5.96 Å². The van der Waals surface area contributed by atoms with E-state index in [0.717, 1.165) is 26.1 Å². The van der Waals surface area contributed by atoms with Gasteiger partial charge in [0.05, 0.1) is 0 Å².